The number of hydrogen-bond donors (Lipinski definition) is 0. The van der Waals surface area contributed by atoms with E-state index in [4.69, 9.17) is 4.42 Å². The normalized spacial score (nSPS) is 11.2. The predicted octanol–water partition coefficient (Wildman–Crippen LogP) is 1.86. The fraction of sp³-hybridized carbons (Fsp3) is 0.200. The molecule has 3 heterocycles. The van der Waals surface area contributed by atoms with Gasteiger partial charge in [-0.15, -0.1) is 21.5 Å². The summed E-state index contributed by atoms with van der Waals surface area (Å²) in [7, 11) is 2.67. The first-order valence-corrected chi connectivity index (χ1v) is 6.37. The van der Waals surface area contributed by atoms with Crippen LogP contribution in [0.4, 0.5) is 0 Å². The minimum Gasteiger partial charge on any atom is -0.418 e. The maximum Gasteiger partial charge on any atom is 0.285 e. The molecule has 17 heavy (non-hydrogen) atoms. The molecule has 0 radical (unpaired) electrons. The number of hydrogen-bond acceptors (Lipinski definition) is 6. The largest absolute Gasteiger partial charge is 0.418 e. The van der Waals surface area contributed by atoms with Crippen LogP contribution in [-0.2, 0) is 0 Å². The quantitative estimate of drug-likeness (QED) is 0.628. The Bertz CT molecular complexity index is 705. The Morgan fingerprint density at radius 2 is 2.06 bits per heavy atom. The zero-order valence-electron chi connectivity index (χ0n) is 9.26. The Kier molecular flexibility index (Phi) is 2.42. The van der Waals surface area contributed by atoms with E-state index in [0.29, 0.717) is 17.6 Å². The summed E-state index contributed by atoms with van der Waals surface area (Å²) in [5.41, 5.74) is 0.922. The lowest BCUT2D eigenvalue weighted by Gasteiger charge is -1.97. The third kappa shape index (κ3) is 1.83. The van der Waals surface area contributed by atoms with Gasteiger partial charge in [0.25, 0.3) is 5.89 Å². The molecule has 0 aliphatic rings. The second-order valence-electron chi connectivity index (χ2n) is 3.63. The molecule has 0 fully saturated rings. The highest BCUT2D eigenvalue weighted by atomic mass is 32.1. The summed E-state index contributed by atoms with van der Waals surface area (Å²) in [6.45, 7) is 3.70. The molecule has 3 rings (SSSR count). The minimum atomic E-state index is 0.367. The Labute approximate surface area is 104 Å². The van der Waals surface area contributed by atoms with Gasteiger partial charge in [0, 0.05) is 16.9 Å². The zero-order valence-corrected chi connectivity index (χ0v) is 11.2. The van der Waals surface area contributed by atoms with Gasteiger partial charge in [0.2, 0.25) is 11.7 Å². The first-order chi connectivity index (χ1) is 8.13. The average molecular weight is 264 g/mol. The second-order valence-corrected chi connectivity index (χ2v) is 5.73. The molecule has 3 aromatic heterocycles. The summed E-state index contributed by atoms with van der Waals surface area (Å²) in [6.07, 6.45) is 0. The summed E-state index contributed by atoms with van der Waals surface area (Å²) in [4.78, 5) is 9.76. The fourth-order valence-electron chi connectivity index (χ4n) is 1.57. The van der Waals surface area contributed by atoms with Crippen molar-refractivity contribution in [3.63, 3.8) is 0 Å². The van der Waals surface area contributed by atoms with Gasteiger partial charge < -0.3 is 4.42 Å². The summed E-state index contributed by atoms with van der Waals surface area (Å²) in [5, 5.41) is 8.78. The summed E-state index contributed by atoms with van der Waals surface area (Å²) >= 11 is 1.60. The Morgan fingerprint density at radius 3 is 2.76 bits per heavy atom. The summed E-state index contributed by atoms with van der Waals surface area (Å²) in [5.74, 6) is 1.37. The molecule has 7 heteroatoms. The molecule has 5 nitrogen and oxygen atoms in total. The van der Waals surface area contributed by atoms with Crippen LogP contribution in [0.3, 0.4) is 0 Å². The number of aryl methyl sites for hydroxylation is 2. The van der Waals surface area contributed by atoms with E-state index in [9.17, 15) is 0 Å². The maximum absolute atomic E-state index is 5.33. The van der Waals surface area contributed by atoms with Crippen molar-refractivity contribution in [2.24, 2.45) is 0 Å². The highest BCUT2D eigenvalue weighted by Crippen LogP contribution is 2.24. The van der Waals surface area contributed by atoms with Crippen molar-refractivity contribution < 1.29 is 4.42 Å². The Balaban J connectivity index is 2.24. The Hall–Kier alpha value is -1.39. The zero-order chi connectivity index (χ0) is 12.0. The van der Waals surface area contributed by atoms with Gasteiger partial charge in [0.1, 0.15) is 4.83 Å². The number of fused-ring (bicyclic) bond motifs is 1. The lowest BCUT2D eigenvalue weighted by Crippen LogP contribution is -1.92. The van der Waals surface area contributed by atoms with E-state index in [1.807, 2.05) is 6.92 Å². The molecular formula is C10H9N4OPS. The van der Waals surface area contributed by atoms with Crippen LogP contribution in [0.25, 0.3) is 21.9 Å². The van der Waals surface area contributed by atoms with Gasteiger partial charge in [0.15, 0.2) is 0 Å². The van der Waals surface area contributed by atoms with Gasteiger partial charge in [0.05, 0.1) is 5.69 Å². The molecule has 0 bridgehead atoms. The van der Waals surface area contributed by atoms with Gasteiger partial charge in [-0.25, -0.2) is 9.97 Å². The van der Waals surface area contributed by atoms with E-state index >= 15 is 0 Å². The van der Waals surface area contributed by atoms with E-state index in [2.05, 4.69) is 35.5 Å². The minimum absolute atomic E-state index is 0.367. The third-order valence-corrected chi connectivity index (χ3v) is 3.70. The van der Waals surface area contributed by atoms with E-state index in [1.165, 1.54) is 0 Å². The molecule has 0 aromatic carbocycles. The lowest BCUT2D eigenvalue weighted by atomic mass is 10.3. The van der Waals surface area contributed by atoms with Crippen LogP contribution >= 0.6 is 20.6 Å². The highest BCUT2D eigenvalue weighted by molar-refractivity contribution is 7.45. The monoisotopic (exact) mass is 264 g/mol. The number of aromatic nitrogens is 4. The van der Waals surface area contributed by atoms with Crippen molar-refractivity contribution >= 4 is 35.4 Å². The average Bonchev–Trinajstić information content (AvgIpc) is 2.83. The summed E-state index contributed by atoms with van der Waals surface area (Å²) < 4.78 is 6.47. The molecule has 0 amide bonds. The molecule has 0 spiro atoms. The molecule has 0 saturated carbocycles. The van der Waals surface area contributed by atoms with Crippen molar-refractivity contribution in [1.82, 2.24) is 20.2 Å². The van der Waals surface area contributed by atoms with Crippen LogP contribution in [0, 0.1) is 13.8 Å². The van der Waals surface area contributed by atoms with Crippen LogP contribution in [0.15, 0.2) is 10.5 Å². The van der Waals surface area contributed by atoms with Gasteiger partial charge >= 0.3 is 0 Å². The van der Waals surface area contributed by atoms with Gasteiger partial charge in [-0.05, 0) is 13.0 Å². The van der Waals surface area contributed by atoms with Crippen molar-refractivity contribution in [3.05, 3.63) is 17.7 Å². The molecule has 0 N–H and O–H groups in total. The van der Waals surface area contributed by atoms with E-state index < -0.39 is 0 Å². The fourth-order valence-corrected chi connectivity index (χ4v) is 2.92. The van der Waals surface area contributed by atoms with Crippen LogP contribution in [0.2, 0.25) is 0 Å². The van der Waals surface area contributed by atoms with Crippen LogP contribution < -0.4 is 4.62 Å². The van der Waals surface area contributed by atoms with Gasteiger partial charge in [-0.1, -0.05) is 9.24 Å². The van der Waals surface area contributed by atoms with Crippen molar-refractivity contribution in [2.75, 3.05) is 0 Å². The molecule has 0 aliphatic carbocycles. The van der Waals surface area contributed by atoms with Crippen molar-refractivity contribution in [1.29, 1.82) is 0 Å². The maximum atomic E-state index is 5.33. The molecule has 1 unspecified atom stereocenters. The number of rotatable bonds is 1. The highest BCUT2D eigenvalue weighted by Gasteiger charge is 2.13. The van der Waals surface area contributed by atoms with E-state index in [-0.39, 0.29) is 0 Å². The molecule has 0 aliphatic heterocycles. The van der Waals surface area contributed by atoms with Crippen LogP contribution in [-0.4, -0.2) is 20.2 Å². The number of nitrogens with zero attached hydrogens (tertiary/aromatic N) is 4. The predicted molar refractivity (Wildman–Crippen MR) is 69.5 cm³/mol. The van der Waals surface area contributed by atoms with E-state index in [0.717, 1.165) is 20.5 Å². The molecule has 0 saturated heterocycles. The topological polar surface area (TPSA) is 64.7 Å². The molecule has 86 valence electrons. The number of thiophene rings is 1. The van der Waals surface area contributed by atoms with Crippen LogP contribution in [0.1, 0.15) is 11.6 Å². The molecule has 1 atom stereocenters. The third-order valence-electron chi connectivity index (χ3n) is 2.32. The van der Waals surface area contributed by atoms with Gasteiger partial charge in [-0.3, -0.25) is 0 Å². The lowest BCUT2D eigenvalue weighted by molar-refractivity contribution is 0.529. The standard InChI is InChI=1S/C10H9N4OPS/c1-4-6-3-7(16)17-10(6)12-8(11-4)9-14-13-5(2)15-9/h3H,16H2,1-2H3. The Morgan fingerprint density at radius 1 is 1.24 bits per heavy atom. The SMILES string of the molecule is Cc1nnc(-c2nc(C)c3cc(P)sc3n2)o1. The van der Waals surface area contributed by atoms with Gasteiger partial charge in [-0.2, -0.15) is 0 Å². The molecular weight excluding hydrogens is 255 g/mol. The van der Waals surface area contributed by atoms with Crippen LogP contribution in [0.5, 0.6) is 0 Å². The first kappa shape index (κ1) is 10.7. The van der Waals surface area contributed by atoms with E-state index in [1.54, 1.807) is 18.3 Å². The second kappa shape index (κ2) is 3.82. The van der Waals surface area contributed by atoms with Crippen molar-refractivity contribution in [3.8, 4) is 11.7 Å². The first-order valence-electron chi connectivity index (χ1n) is 4.97. The molecule has 3 aromatic rings. The van der Waals surface area contributed by atoms with Crippen molar-refractivity contribution in [2.45, 2.75) is 13.8 Å². The smallest absolute Gasteiger partial charge is 0.285 e. The summed E-state index contributed by atoms with van der Waals surface area (Å²) in [6, 6.07) is 2.06.